The minimum Gasteiger partial charge on any atom is -0.293 e. The molecule has 200 valence electrons. The van der Waals surface area contributed by atoms with Gasteiger partial charge in [-0.25, -0.2) is 9.97 Å². The Hall–Kier alpha value is -5.80. The second kappa shape index (κ2) is 9.37. The van der Waals surface area contributed by atoms with Crippen LogP contribution in [0.3, 0.4) is 0 Å². The summed E-state index contributed by atoms with van der Waals surface area (Å²) in [5.41, 5.74) is 4.32. The van der Waals surface area contributed by atoms with Gasteiger partial charge >= 0.3 is 0 Å². The molecule has 9 rings (SSSR count). The second-order valence-electron chi connectivity index (χ2n) is 10.7. The van der Waals surface area contributed by atoms with Gasteiger partial charge in [0.2, 0.25) is 0 Å². The van der Waals surface area contributed by atoms with E-state index in [1.165, 1.54) is 21.5 Å². The monoisotopic (exact) mass is 552 g/mol. The zero-order valence-electron chi connectivity index (χ0n) is 27.9. The van der Waals surface area contributed by atoms with Crippen LogP contribution in [0.4, 0.5) is 0 Å². The minimum atomic E-state index is -0.409. The van der Waals surface area contributed by atoms with Crippen molar-refractivity contribution in [1.82, 2.24) is 14.5 Å². The van der Waals surface area contributed by atoms with Crippen molar-refractivity contribution in [3.63, 3.8) is 0 Å². The summed E-state index contributed by atoms with van der Waals surface area (Å²) in [5.74, 6) is 1.28. The van der Waals surface area contributed by atoms with Crippen LogP contribution in [0.15, 0.2) is 152 Å². The zero-order valence-corrected chi connectivity index (χ0v) is 22.9. The molecule has 0 aliphatic heterocycles. The number of hydrogen-bond donors (Lipinski definition) is 0. The van der Waals surface area contributed by atoms with Gasteiger partial charge in [-0.05, 0) is 63.0 Å². The van der Waals surface area contributed by atoms with Crippen LogP contribution in [0.25, 0.3) is 82.6 Å². The fourth-order valence-corrected chi connectivity index (χ4v) is 6.24. The van der Waals surface area contributed by atoms with E-state index in [1.807, 2.05) is 30.3 Å². The topological polar surface area (TPSA) is 30.7 Å². The molecule has 3 heteroatoms. The average Bonchev–Trinajstić information content (AvgIpc) is 3.45. The standard InChI is InChI=1S/C40H25N3/c1-2-10-26(11-3-1)27-18-20-29(21-19-27)39-41-35-17-9-8-16-33(35)40(42-39)43-36-23-22-28-12-6-7-15-32(28)38(36)34-24-30-13-4-5-14-31(30)25-37(34)43/h1-25H/i1D,2D,3D,10D,11D. The molecule has 0 aliphatic carbocycles. The van der Waals surface area contributed by atoms with E-state index < -0.39 is 6.04 Å². The summed E-state index contributed by atoms with van der Waals surface area (Å²) in [6.07, 6.45) is 0. The molecule has 0 N–H and O–H groups in total. The van der Waals surface area contributed by atoms with Gasteiger partial charge in [0.15, 0.2) is 5.82 Å². The summed E-state index contributed by atoms with van der Waals surface area (Å²) in [4.78, 5) is 10.2. The van der Waals surface area contributed by atoms with Crippen LogP contribution in [-0.2, 0) is 0 Å². The predicted octanol–water partition coefficient (Wildman–Crippen LogP) is 10.4. The molecule has 0 saturated carbocycles. The molecule has 0 aliphatic rings. The molecule has 0 saturated heterocycles. The third-order valence-electron chi connectivity index (χ3n) is 8.25. The van der Waals surface area contributed by atoms with Gasteiger partial charge in [0.05, 0.1) is 23.4 Å². The van der Waals surface area contributed by atoms with Crippen LogP contribution < -0.4 is 0 Å². The van der Waals surface area contributed by atoms with Crippen LogP contribution in [0.2, 0.25) is 0 Å². The highest BCUT2D eigenvalue weighted by atomic mass is 15.1. The highest BCUT2D eigenvalue weighted by molar-refractivity contribution is 6.23. The Labute approximate surface area is 255 Å². The third kappa shape index (κ3) is 3.75. The fourth-order valence-electron chi connectivity index (χ4n) is 6.24. The van der Waals surface area contributed by atoms with E-state index in [4.69, 9.17) is 16.8 Å². The molecule has 0 fully saturated rings. The maximum atomic E-state index is 8.42. The fraction of sp³-hybridized carbons (Fsp3) is 0. The Kier molecular flexibility index (Phi) is 4.21. The summed E-state index contributed by atoms with van der Waals surface area (Å²) >= 11 is 0. The lowest BCUT2D eigenvalue weighted by atomic mass is 10.0. The van der Waals surface area contributed by atoms with Crippen LogP contribution >= 0.6 is 0 Å². The summed E-state index contributed by atoms with van der Waals surface area (Å²) in [7, 11) is 0. The van der Waals surface area contributed by atoms with Gasteiger partial charge < -0.3 is 0 Å². The zero-order chi connectivity index (χ0) is 32.7. The van der Waals surface area contributed by atoms with Crippen LogP contribution in [0.1, 0.15) is 6.85 Å². The van der Waals surface area contributed by atoms with E-state index in [1.54, 1.807) is 12.1 Å². The molecule has 0 amide bonds. The van der Waals surface area contributed by atoms with Crippen molar-refractivity contribution in [2.24, 2.45) is 0 Å². The number of hydrogen-bond acceptors (Lipinski definition) is 2. The summed E-state index contributed by atoms with van der Waals surface area (Å²) in [6, 6.07) is 39.4. The van der Waals surface area contributed by atoms with Crippen molar-refractivity contribution in [2.75, 3.05) is 0 Å². The largest absolute Gasteiger partial charge is 0.293 e. The molecular formula is C40H25N3. The second-order valence-corrected chi connectivity index (χ2v) is 10.7. The predicted molar refractivity (Wildman–Crippen MR) is 180 cm³/mol. The van der Waals surface area contributed by atoms with Gasteiger partial charge in [0, 0.05) is 21.7 Å². The normalized spacial score (nSPS) is 13.3. The summed E-state index contributed by atoms with van der Waals surface area (Å²) in [5, 5.41) is 7.89. The lowest BCUT2D eigenvalue weighted by Gasteiger charge is -2.13. The van der Waals surface area contributed by atoms with Crippen molar-refractivity contribution < 1.29 is 6.85 Å². The molecule has 7 aromatic carbocycles. The lowest BCUT2D eigenvalue weighted by Crippen LogP contribution is -2.02. The van der Waals surface area contributed by atoms with Crippen LogP contribution in [0, 0.1) is 0 Å². The first kappa shape index (κ1) is 19.3. The Morgan fingerprint density at radius 3 is 1.98 bits per heavy atom. The van der Waals surface area contributed by atoms with Gasteiger partial charge in [-0.3, -0.25) is 4.57 Å². The summed E-state index contributed by atoms with van der Waals surface area (Å²) in [6.45, 7) is 0. The average molecular weight is 553 g/mol. The maximum absolute atomic E-state index is 8.42. The highest BCUT2D eigenvalue weighted by Gasteiger charge is 2.19. The molecule has 43 heavy (non-hydrogen) atoms. The number of rotatable bonds is 3. The van der Waals surface area contributed by atoms with E-state index in [0.29, 0.717) is 11.4 Å². The van der Waals surface area contributed by atoms with Gasteiger partial charge in [-0.1, -0.05) is 121 Å². The first-order valence-corrected chi connectivity index (χ1v) is 14.2. The molecular weight excluding hydrogens is 522 g/mol. The van der Waals surface area contributed by atoms with Gasteiger partial charge in [0.1, 0.15) is 5.82 Å². The van der Waals surface area contributed by atoms with Gasteiger partial charge in [-0.15, -0.1) is 0 Å². The Balaban J connectivity index is 1.31. The van der Waals surface area contributed by atoms with Gasteiger partial charge in [0.25, 0.3) is 0 Å². The summed E-state index contributed by atoms with van der Waals surface area (Å²) < 4.78 is 43.3. The number of nitrogens with zero attached hydrogens (tertiary/aromatic N) is 3. The quantitative estimate of drug-likeness (QED) is 0.218. The van der Waals surface area contributed by atoms with Crippen molar-refractivity contribution in [3.05, 3.63) is 152 Å². The van der Waals surface area contributed by atoms with E-state index in [-0.39, 0.29) is 29.7 Å². The first-order chi connectivity index (χ1) is 23.4. The Bertz CT molecular complexity index is 2760. The van der Waals surface area contributed by atoms with Crippen molar-refractivity contribution in [2.45, 2.75) is 0 Å². The first-order valence-electron chi connectivity index (χ1n) is 16.7. The number of benzene rings is 7. The smallest absolute Gasteiger partial charge is 0.162 e. The van der Waals surface area contributed by atoms with Gasteiger partial charge in [-0.2, -0.15) is 0 Å². The molecule has 0 unspecified atom stereocenters. The van der Waals surface area contributed by atoms with E-state index in [0.717, 1.165) is 44.1 Å². The minimum absolute atomic E-state index is 0.164. The molecule has 0 radical (unpaired) electrons. The third-order valence-corrected chi connectivity index (χ3v) is 8.25. The maximum Gasteiger partial charge on any atom is 0.162 e. The van der Waals surface area contributed by atoms with E-state index in [2.05, 4.69) is 83.4 Å². The van der Waals surface area contributed by atoms with Crippen LogP contribution in [0.5, 0.6) is 0 Å². The number of fused-ring (bicyclic) bond motifs is 7. The highest BCUT2D eigenvalue weighted by Crippen LogP contribution is 2.40. The molecule has 0 bridgehead atoms. The Morgan fingerprint density at radius 1 is 0.488 bits per heavy atom. The van der Waals surface area contributed by atoms with Crippen molar-refractivity contribution >= 4 is 54.3 Å². The van der Waals surface area contributed by atoms with E-state index >= 15 is 0 Å². The Morgan fingerprint density at radius 2 is 1.16 bits per heavy atom. The SMILES string of the molecule is [2H]c1c([2H])c([2H])c(-c2ccc(-c3nc(-n4c5cc6ccccc6cc5c5c6ccccc6ccc54)c4ccccc4n3)cc2)c([2H])c1[2H]. The molecule has 0 atom stereocenters. The van der Waals surface area contributed by atoms with Crippen molar-refractivity contribution in [1.29, 1.82) is 0 Å². The molecule has 3 nitrogen and oxygen atoms in total. The van der Waals surface area contributed by atoms with E-state index in [9.17, 15) is 0 Å². The van der Waals surface area contributed by atoms with Crippen molar-refractivity contribution in [3.8, 4) is 28.3 Å². The number of para-hydroxylation sites is 1. The lowest BCUT2D eigenvalue weighted by molar-refractivity contribution is 1.08. The van der Waals surface area contributed by atoms with Crippen LogP contribution in [-0.4, -0.2) is 14.5 Å². The number of aromatic nitrogens is 3. The molecule has 9 aromatic rings. The molecule has 2 heterocycles. The molecule has 0 spiro atoms. The molecule has 2 aromatic heterocycles.